The highest BCUT2D eigenvalue weighted by atomic mass is 16.3. The van der Waals surface area contributed by atoms with Crippen molar-refractivity contribution in [1.29, 1.82) is 0 Å². The van der Waals surface area contributed by atoms with Crippen molar-refractivity contribution in [2.75, 3.05) is 12.3 Å². The van der Waals surface area contributed by atoms with E-state index in [4.69, 9.17) is 10.8 Å². The first-order valence-electron chi connectivity index (χ1n) is 4.04. The number of hydrogen-bond acceptors (Lipinski definition) is 3. The van der Waals surface area contributed by atoms with Gasteiger partial charge in [0.2, 0.25) is 0 Å². The normalized spacial score (nSPS) is 13.2. The number of rotatable bonds is 3. The summed E-state index contributed by atoms with van der Waals surface area (Å²) in [4.78, 5) is 0. The van der Waals surface area contributed by atoms with E-state index in [2.05, 4.69) is 5.10 Å². The van der Waals surface area contributed by atoms with Crippen molar-refractivity contribution in [2.24, 2.45) is 5.92 Å². The zero-order valence-electron chi connectivity index (χ0n) is 7.49. The molecule has 4 nitrogen and oxygen atoms in total. The first kappa shape index (κ1) is 9.06. The maximum absolute atomic E-state index is 8.80. The van der Waals surface area contributed by atoms with Crippen LogP contribution in [0.1, 0.15) is 12.5 Å². The van der Waals surface area contributed by atoms with Crippen molar-refractivity contribution in [2.45, 2.75) is 20.4 Å². The van der Waals surface area contributed by atoms with Gasteiger partial charge in [-0.25, -0.2) is 0 Å². The second-order valence-corrected chi connectivity index (χ2v) is 3.21. The van der Waals surface area contributed by atoms with E-state index in [1.807, 2.05) is 20.0 Å². The number of hydrogen-bond donors (Lipinski definition) is 2. The predicted molar refractivity (Wildman–Crippen MR) is 47.6 cm³/mol. The Bertz CT molecular complexity index is 237. The zero-order valence-corrected chi connectivity index (χ0v) is 7.49. The van der Waals surface area contributed by atoms with Crippen molar-refractivity contribution in [3.05, 3.63) is 11.8 Å². The van der Waals surface area contributed by atoms with E-state index < -0.39 is 0 Å². The molecule has 0 aliphatic heterocycles. The van der Waals surface area contributed by atoms with Gasteiger partial charge < -0.3 is 10.8 Å². The number of aliphatic hydroxyl groups is 1. The van der Waals surface area contributed by atoms with Gasteiger partial charge in [0, 0.05) is 24.9 Å². The van der Waals surface area contributed by atoms with Gasteiger partial charge in [-0.3, -0.25) is 4.68 Å². The molecular weight excluding hydrogens is 154 g/mol. The van der Waals surface area contributed by atoms with E-state index in [9.17, 15) is 0 Å². The van der Waals surface area contributed by atoms with E-state index in [0.29, 0.717) is 12.4 Å². The second-order valence-electron chi connectivity index (χ2n) is 3.21. The standard InChI is InChI=1S/C8H15N3O/c1-6(5-12)3-11-4-7(2)8(9)10-11/h4,6,12H,3,5H2,1-2H3,(H2,9,10). The molecule has 1 aromatic rings. The Balaban J connectivity index is 2.64. The first-order valence-corrected chi connectivity index (χ1v) is 4.04. The van der Waals surface area contributed by atoms with Gasteiger partial charge in [-0.15, -0.1) is 0 Å². The van der Waals surface area contributed by atoms with Gasteiger partial charge in [0.1, 0.15) is 5.82 Å². The van der Waals surface area contributed by atoms with E-state index in [-0.39, 0.29) is 12.5 Å². The summed E-state index contributed by atoms with van der Waals surface area (Å²) < 4.78 is 1.77. The number of nitrogens with zero attached hydrogens (tertiary/aromatic N) is 2. The average molecular weight is 169 g/mol. The Hall–Kier alpha value is -1.03. The molecule has 3 N–H and O–H groups in total. The molecule has 1 aromatic heterocycles. The number of aromatic nitrogens is 2. The van der Waals surface area contributed by atoms with E-state index in [0.717, 1.165) is 5.56 Å². The monoisotopic (exact) mass is 169 g/mol. The van der Waals surface area contributed by atoms with E-state index in [1.54, 1.807) is 4.68 Å². The minimum Gasteiger partial charge on any atom is -0.396 e. The number of anilines is 1. The number of aliphatic hydroxyl groups excluding tert-OH is 1. The van der Waals surface area contributed by atoms with Crippen LogP contribution in [0.25, 0.3) is 0 Å². The Morgan fingerprint density at radius 2 is 2.42 bits per heavy atom. The van der Waals surface area contributed by atoms with Crippen molar-refractivity contribution >= 4 is 5.82 Å². The van der Waals surface area contributed by atoms with Gasteiger partial charge in [0.05, 0.1) is 0 Å². The predicted octanol–water partition coefficient (Wildman–Crippen LogP) is 0.402. The van der Waals surface area contributed by atoms with Crippen molar-refractivity contribution in [3.8, 4) is 0 Å². The lowest BCUT2D eigenvalue weighted by atomic mass is 10.2. The molecule has 1 unspecified atom stereocenters. The highest BCUT2D eigenvalue weighted by molar-refractivity contribution is 5.35. The summed E-state index contributed by atoms with van der Waals surface area (Å²) in [6.45, 7) is 4.78. The first-order chi connectivity index (χ1) is 5.63. The third-order valence-corrected chi connectivity index (χ3v) is 1.79. The maximum Gasteiger partial charge on any atom is 0.148 e. The van der Waals surface area contributed by atoms with Crippen LogP contribution in [0.3, 0.4) is 0 Å². The smallest absolute Gasteiger partial charge is 0.148 e. The third-order valence-electron chi connectivity index (χ3n) is 1.79. The lowest BCUT2D eigenvalue weighted by Gasteiger charge is -2.06. The molecule has 0 bridgehead atoms. The minimum atomic E-state index is 0.179. The Morgan fingerprint density at radius 3 is 2.83 bits per heavy atom. The van der Waals surface area contributed by atoms with Crippen LogP contribution >= 0.6 is 0 Å². The van der Waals surface area contributed by atoms with Gasteiger partial charge in [0.15, 0.2) is 0 Å². The van der Waals surface area contributed by atoms with Gasteiger partial charge in [-0.05, 0) is 12.8 Å². The Morgan fingerprint density at radius 1 is 1.75 bits per heavy atom. The van der Waals surface area contributed by atoms with Crippen molar-refractivity contribution < 1.29 is 5.11 Å². The molecule has 0 fully saturated rings. The van der Waals surface area contributed by atoms with Crippen LogP contribution in [-0.4, -0.2) is 21.5 Å². The number of nitrogen functional groups attached to an aromatic ring is 1. The summed E-state index contributed by atoms with van der Waals surface area (Å²) in [7, 11) is 0. The fourth-order valence-electron chi connectivity index (χ4n) is 1.01. The molecule has 0 aromatic carbocycles. The van der Waals surface area contributed by atoms with Crippen molar-refractivity contribution in [1.82, 2.24) is 9.78 Å². The molecule has 1 atom stereocenters. The summed E-state index contributed by atoms with van der Waals surface area (Å²) in [6, 6.07) is 0. The molecule has 0 aliphatic rings. The van der Waals surface area contributed by atoms with Crippen LogP contribution in [0.4, 0.5) is 5.82 Å². The third kappa shape index (κ3) is 1.98. The molecule has 68 valence electrons. The molecule has 4 heteroatoms. The minimum absolute atomic E-state index is 0.179. The molecule has 0 spiro atoms. The molecule has 0 saturated heterocycles. The van der Waals surface area contributed by atoms with Gasteiger partial charge in [0.25, 0.3) is 0 Å². The Kier molecular flexibility index (Phi) is 2.70. The van der Waals surface area contributed by atoms with Gasteiger partial charge >= 0.3 is 0 Å². The van der Waals surface area contributed by atoms with E-state index in [1.165, 1.54) is 0 Å². The molecular formula is C8H15N3O. The summed E-state index contributed by atoms with van der Waals surface area (Å²) in [5, 5.41) is 12.9. The molecule has 12 heavy (non-hydrogen) atoms. The molecule has 0 amide bonds. The van der Waals surface area contributed by atoms with Crippen LogP contribution in [0.5, 0.6) is 0 Å². The molecule has 0 radical (unpaired) electrons. The van der Waals surface area contributed by atoms with Crippen LogP contribution in [0.2, 0.25) is 0 Å². The van der Waals surface area contributed by atoms with Crippen LogP contribution < -0.4 is 5.73 Å². The summed E-state index contributed by atoms with van der Waals surface area (Å²) in [6.07, 6.45) is 1.89. The summed E-state index contributed by atoms with van der Waals surface area (Å²) in [5.41, 5.74) is 6.55. The lowest BCUT2D eigenvalue weighted by Crippen LogP contribution is -2.11. The van der Waals surface area contributed by atoms with E-state index >= 15 is 0 Å². The zero-order chi connectivity index (χ0) is 9.14. The molecule has 0 saturated carbocycles. The molecule has 0 aliphatic carbocycles. The molecule has 1 rings (SSSR count). The largest absolute Gasteiger partial charge is 0.396 e. The van der Waals surface area contributed by atoms with Crippen LogP contribution in [0.15, 0.2) is 6.20 Å². The number of aryl methyl sites for hydroxylation is 1. The van der Waals surface area contributed by atoms with Gasteiger partial charge in [-0.2, -0.15) is 5.10 Å². The summed E-state index contributed by atoms with van der Waals surface area (Å²) >= 11 is 0. The van der Waals surface area contributed by atoms with Crippen molar-refractivity contribution in [3.63, 3.8) is 0 Å². The highest BCUT2D eigenvalue weighted by Crippen LogP contribution is 2.07. The fraction of sp³-hybridized carbons (Fsp3) is 0.625. The topological polar surface area (TPSA) is 64.1 Å². The maximum atomic E-state index is 8.80. The highest BCUT2D eigenvalue weighted by Gasteiger charge is 2.04. The SMILES string of the molecule is Cc1cn(CC(C)CO)nc1N. The van der Waals surface area contributed by atoms with Gasteiger partial charge in [-0.1, -0.05) is 6.92 Å². The Labute approximate surface area is 72.0 Å². The summed E-state index contributed by atoms with van der Waals surface area (Å²) in [5.74, 6) is 0.795. The van der Waals surface area contributed by atoms with Crippen LogP contribution in [0, 0.1) is 12.8 Å². The number of nitrogens with two attached hydrogens (primary N) is 1. The molecule has 1 heterocycles. The average Bonchev–Trinajstić information content (AvgIpc) is 2.31. The van der Waals surface area contributed by atoms with Crippen LogP contribution in [-0.2, 0) is 6.54 Å². The lowest BCUT2D eigenvalue weighted by molar-refractivity contribution is 0.219. The quantitative estimate of drug-likeness (QED) is 0.688. The second kappa shape index (κ2) is 3.58. The fourth-order valence-corrected chi connectivity index (χ4v) is 1.01.